The number of anilines is 2. The highest BCUT2D eigenvalue weighted by atomic mass is 16.6. The van der Waals surface area contributed by atoms with E-state index in [9.17, 15) is 9.59 Å². The third-order valence-corrected chi connectivity index (χ3v) is 4.09. The first-order valence-electron chi connectivity index (χ1n) is 7.15. The number of hydrogen-bond donors (Lipinski definition) is 2. The lowest BCUT2D eigenvalue weighted by molar-refractivity contribution is -0.123. The van der Waals surface area contributed by atoms with Gasteiger partial charge in [-0.15, -0.1) is 0 Å². The molecule has 0 saturated carbocycles. The molecule has 1 unspecified atom stereocenters. The molecule has 1 aromatic rings. The van der Waals surface area contributed by atoms with Crippen molar-refractivity contribution < 1.29 is 14.3 Å². The predicted octanol–water partition coefficient (Wildman–Crippen LogP) is 1.58. The Morgan fingerprint density at radius 1 is 1.48 bits per heavy atom. The molecule has 3 rings (SSSR count). The van der Waals surface area contributed by atoms with Crippen LogP contribution in [-0.2, 0) is 9.53 Å². The fraction of sp³-hybridized carbons (Fsp3) is 0.467. The Labute approximate surface area is 123 Å². The molecule has 2 aliphatic heterocycles. The second-order valence-corrected chi connectivity index (χ2v) is 5.76. The van der Waals surface area contributed by atoms with Crippen LogP contribution in [0.4, 0.5) is 16.2 Å². The van der Waals surface area contributed by atoms with Gasteiger partial charge in [-0.25, -0.2) is 4.79 Å². The number of carbonyl (C=O) groups is 2. The van der Waals surface area contributed by atoms with E-state index in [4.69, 9.17) is 4.74 Å². The Balaban J connectivity index is 1.74. The van der Waals surface area contributed by atoms with Gasteiger partial charge in [-0.1, -0.05) is 6.07 Å². The SMILES string of the molecule is CC1(C(=O)Nc2cccc(N3CCOC3=O)c2)CCNC1. The molecule has 1 atom stereocenters. The summed E-state index contributed by atoms with van der Waals surface area (Å²) in [6, 6.07) is 7.29. The zero-order valence-electron chi connectivity index (χ0n) is 12.0. The fourth-order valence-electron chi connectivity index (χ4n) is 2.67. The predicted molar refractivity (Wildman–Crippen MR) is 79.4 cm³/mol. The van der Waals surface area contributed by atoms with E-state index in [1.807, 2.05) is 25.1 Å². The second-order valence-electron chi connectivity index (χ2n) is 5.76. The lowest BCUT2D eigenvalue weighted by Crippen LogP contribution is -2.35. The largest absolute Gasteiger partial charge is 0.447 e. The Bertz CT molecular complexity index is 567. The van der Waals surface area contributed by atoms with Crippen molar-refractivity contribution in [3.63, 3.8) is 0 Å². The first-order chi connectivity index (χ1) is 10.1. The normalized spacial score (nSPS) is 25.0. The van der Waals surface area contributed by atoms with Crippen molar-refractivity contribution in [3.8, 4) is 0 Å². The summed E-state index contributed by atoms with van der Waals surface area (Å²) in [7, 11) is 0. The first kappa shape index (κ1) is 13.9. The molecular formula is C15H19N3O3. The van der Waals surface area contributed by atoms with Crippen LogP contribution in [-0.4, -0.2) is 38.2 Å². The number of carbonyl (C=O) groups excluding carboxylic acids is 2. The molecule has 6 nitrogen and oxygen atoms in total. The summed E-state index contributed by atoms with van der Waals surface area (Å²) in [4.78, 5) is 25.5. The highest BCUT2D eigenvalue weighted by Crippen LogP contribution is 2.28. The van der Waals surface area contributed by atoms with Gasteiger partial charge in [0.2, 0.25) is 5.91 Å². The summed E-state index contributed by atoms with van der Waals surface area (Å²) in [6.45, 7) is 4.46. The molecular weight excluding hydrogens is 270 g/mol. The molecule has 6 heteroatoms. The number of amides is 2. The van der Waals surface area contributed by atoms with Crippen LogP contribution in [0, 0.1) is 5.41 Å². The van der Waals surface area contributed by atoms with Gasteiger partial charge in [0.05, 0.1) is 12.0 Å². The third-order valence-electron chi connectivity index (χ3n) is 4.09. The maximum atomic E-state index is 12.4. The molecule has 2 amide bonds. The van der Waals surface area contributed by atoms with E-state index in [-0.39, 0.29) is 17.4 Å². The molecule has 0 spiro atoms. The van der Waals surface area contributed by atoms with Gasteiger partial charge in [-0.05, 0) is 38.1 Å². The van der Waals surface area contributed by atoms with Crippen molar-refractivity contribution in [2.24, 2.45) is 5.41 Å². The molecule has 2 aliphatic rings. The van der Waals surface area contributed by atoms with Gasteiger partial charge in [0.25, 0.3) is 0 Å². The van der Waals surface area contributed by atoms with Crippen molar-refractivity contribution in [3.05, 3.63) is 24.3 Å². The van der Waals surface area contributed by atoms with Crippen LogP contribution in [0.1, 0.15) is 13.3 Å². The summed E-state index contributed by atoms with van der Waals surface area (Å²) in [5.41, 5.74) is 1.07. The maximum absolute atomic E-state index is 12.4. The molecule has 1 aromatic carbocycles. The highest BCUT2D eigenvalue weighted by Gasteiger charge is 2.36. The zero-order valence-corrected chi connectivity index (χ0v) is 12.0. The molecule has 2 fully saturated rings. The molecule has 2 N–H and O–H groups in total. The second kappa shape index (κ2) is 5.37. The zero-order chi connectivity index (χ0) is 14.9. The van der Waals surface area contributed by atoms with Crippen LogP contribution in [0.5, 0.6) is 0 Å². The van der Waals surface area contributed by atoms with Crippen molar-refractivity contribution in [1.82, 2.24) is 5.32 Å². The van der Waals surface area contributed by atoms with E-state index in [2.05, 4.69) is 10.6 Å². The highest BCUT2D eigenvalue weighted by molar-refractivity contribution is 5.97. The van der Waals surface area contributed by atoms with Gasteiger partial charge in [-0.2, -0.15) is 0 Å². The average Bonchev–Trinajstić information content (AvgIpc) is 3.09. The Morgan fingerprint density at radius 2 is 2.33 bits per heavy atom. The molecule has 112 valence electrons. The summed E-state index contributed by atoms with van der Waals surface area (Å²) in [6.07, 6.45) is 0.488. The first-order valence-corrected chi connectivity index (χ1v) is 7.15. The van der Waals surface area contributed by atoms with Crippen molar-refractivity contribution in [1.29, 1.82) is 0 Å². The third kappa shape index (κ3) is 2.71. The number of nitrogens with zero attached hydrogens (tertiary/aromatic N) is 1. The van der Waals surface area contributed by atoms with Crippen LogP contribution in [0.15, 0.2) is 24.3 Å². The van der Waals surface area contributed by atoms with Gasteiger partial charge in [0, 0.05) is 17.9 Å². The summed E-state index contributed by atoms with van der Waals surface area (Å²) < 4.78 is 4.93. The summed E-state index contributed by atoms with van der Waals surface area (Å²) in [5.74, 6) is 0.00801. The molecule has 0 aromatic heterocycles. The molecule has 0 aliphatic carbocycles. The number of nitrogens with one attached hydrogen (secondary N) is 2. The topological polar surface area (TPSA) is 70.7 Å². The van der Waals surface area contributed by atoms with Gasteiger partial charge in [0.1, 0.15) is 6.61 Å². The van der Waals surface area contributed by atoms with Crippen LogP contribution < -0.4 is 15.5 Å². The molecule has 2 heterocycles. The van der Waals surface area contributed by atoms with Gasteiger partial charge < -0.3 is 15.4 Å². The smallest absolute Gasteiger partial charge is 0.414 e. The number of hydrogen-bond acceptors (Lipinski definition) is 4. The van der Waals surface area contributed by atoms with E-state index in [1.54, 1.807) is 11.0 Å². The van der Waals surface area contributed by atoms with Crippen LogP contribution in [0.3, 0.4) is 0 Å². The van der Waals surface area contributed by atoms with Crippen LogP contribution >= 0.6 is 0 Å². The molecule has 2 saturated heterocycles. The minimum absolute atomic E-state index is 0.00801. The Hall–Kier alpha value is -2.08. The van der Waals surface area contributed by atoms with E-state index >= 15 is 0 Å². The number of ether oxygens (including phenoxy) is 1. The summed E-state index contributed by atoms with van der Waals surface area (Å²) >= 11 is 0. The van der Waals surface area contributed by atoms with Crippen molar-refractivity contribution in [2.45, 2.75) is 13.3 Å². The maximum Gasteiger partial charge on any atom is 0.414 e. The van der Waals surface area contributed by atoms with Crippen molar-refractivity contribution >= 4 is 23.4 Å². The average molecular weight is 289 g/mol. The van der Waals surface area contributed by atoms with Gasteiger partial charge >= 0.3 is 6.09 Å². The van der Waals surface area contributed by atoms with Gasteiger partial charge in [0.15, 0.2) is 0 Å². The molecule has 0 radical (unpaired) electrons. The van der Waals surface area contributed by atoms with Crippen LogP contribution in [0.2, 0.25) is 0 Å². The van der Waals surface area contributed by atoms with E-state index in [1.165, 1.54) is 0 Å². The number of cyclic esters (lactones) is 1. The minimum atomic E-state index is -0.372. The minimum Gasteiger partial charge on any atom is -0.447 e. The Morgan fingerprint density at radius 3 is 3.00 bits per heavy atom. The quantitative estimate of drug-likeness (QED) is 0.886. The standard InChI is InChI=1S/C15H19N3O3/c1-15(5-6-16-10-15)13(19)17-11-3-2-4-12(9-11)18-7-8-21-14(18)20/h2-4,9,16H,5-8,10H2,1H3,(H,17,19). The monoisotopic (exact) mass is 289 g/mol. The van der Waals surface area contributed by atoms with Crippen molar-refractivity contribution in [2.75, 3.05) is 36.5 Å². The van der Waals surface area contributed by atoms with Gasteiger partial charge in [-0.3, -0.25) is 9.69 Å². The van der Waals surface area contributed by atoms with E-state index in [0.29, 0.717) is 25.4 Å². The van der Waals surface area contributed by atoms with E-state index < -0.39 is 0 Å². The van der Waals surface area contributed by atoms with Crippen LogP contribution in [0.25, 0.3) is 0 Å². The fourth-order valence-corrected chi connectivity index (χ4v) is 2.67. The molecule has 21 heavy (non-hydrogen) atoms. The number of benzene rings is 1. The van der Waals surface area contributed by atoms with E-state index in [0.717, 1.165) is 18.7 Å². The summed E-state index contributed by atoms with van der Waals surface area (Å²) in [5, 5.41) is 6.16. The molecule has 0 bridgehead atoms. The Kier molecular flexibility index (Phi) is 3.55. The lowest BCUT2D eigenvalue weighted by atomic mass is 9.89. The number of rotatable bonds is 3. The lowest BCUT2D eigenvalue weighted by Gasteiger charge is -2.22.